The van der Waals surface area contributed by atoms with Gasteiger partial charge in [-0.1, -0.05) is 6.07 Å². The Bertz CT molecular complexity index is 680. The maximum atomic E-state index is 13.7. The third-order valence-electron chi connectivity index (χ3n) is 2.51. The Labute approximate surface area is 116 Å². The number of nitrogens with two attached hydrogens (primary N) is 1. The molecule has 96 valence electrons. The molecule has 6 heteroatoms. The van der Waals surface area contributed by atoms with Gasteiger partial charge < -0.3 is 11.1 Å². The maximum absolute atomic E-state index is 13.7. The van der Waals surface area contributed by atoms with Crippen molar-refractivity contribution >= 4 is 33.0 Å². The number of rotatable bonds is 2. The van der Waals surface area contributed by atoms with Crippen LogP contribution in [0, 0.1) is 23.0 Å². The zero-order chi connectivity index (χ0) is 14.0. The van der Waals surface area contributed by atoms with Crippen molar-refractivity contribution in [3.63, 3.8) is 0 Å². The summed E-state index contributed by atoms with van der Waals surface area (Å²) in [7, 11) is 0. The number of hydrogen-bond donors (Lipinski definition) is 2. The van der Waals surface area contributed by atoms with E-state index in [2.05, 4.69) is 21.2 Å². The van der Waals surface area contributed by atoms with Crippen molar-refractivity contribution in [2.24, 2.45) is 0 Å². The summed E-state index contributed by atoms with van der Waals surface area (Å²) in [6.07, 6.45) is 0. The lowest BCUT2D eigenvalue weighted by Gasteiger charge is -2.11. The minimum atomic E-state index is -0.630. The van der Waals surface area contributed by atoms with Crippen LogP contribution in [-0.2, 0) is 0 Å². The number of hydrogen-bond acceptors (Lipinski definition) is 3. The van der Waals surface area contributed by atoms with Gasteiger partial charge in [0.25, 0.3) is 0 Å². The Morgan fingerprint density at radius 3 is 2.58 bits per heavy atom. The van der Waals surface area contributed by atoms with Gasteiger partial charge in [-0.25, -0.2) is 8.78 Å². The van der Waals surface area contributed by atoms with Crippen LogP contribution in [0.1, 0.15) is 5.56 Å². The second-order valence-corrected chi connectivity index (χ2v) is 4.60. The van der Waals surface area contributed by atoms with E-state index in [0.29, 0.717) is 5.69 Å². The summed E-state index contributed by atoms with van der Waals surface area (Å²) < 4.78 is 27.1. The van der Waals surface area contributed by atoms with Gasteiger partial charge in [0, 0.05) is 6.07 Å². The molecule has 0 amide bonds. The predicted molar refractivity (Wildman–Crippen MR) is 72.9 cm³/mol. The van der Waals surface area contributed by atoms with E-state index in [1.165, 1.54) is 0 Å². The average Bonchev–Trinajstić information content (AvgIpc) is 2.38. The van der Waals surface area contributed by atoms with Gasteiger partial charge in [-0.2, -0.15) is 5.26 Å². The lowest BCUT2D eigenvalue weighted by molar-refractivity contribution is 0.598. The molecule has 0 unspecified atom stereocenters. The molecule has 0 spiro atoms. The maximum Gasteiger partial charge on any atom is 0.147 e. The van der Waals surface area contributed by atoms with E-state index in [0.717, 1.165) is 12.1 Å². The van der Waals surface area contributed by atoms with Crippen molar-refractivity contribution in [2.45, 2.75) is 0 Å². The first-order chi connectivity index (χ1) is 9.02. The van der Waals surface area contributed by atoms with E-state index in [4.69, 9.17) is 11.0 Å². The van der Waals surface area contributed by atoms with E-state index in [1.807, 2.05) is 6.07 Å². The molecule has 0 atom stereocenters. The molecule has 3 N–H and O–H groups in total. The average molecular weight is 324 g/mol. The van der Waals surface area contributed by atoms with Gasteiger partial charge in [0.15, 0.2) is 0 Å². The molecule has 0 saturated heterocycles. The van der Waals surface area contributed by atoms with Crippen LogP contribution in [0.3, 0.4) is 0 Å². The van der Waals surface area contributed by atoms with Crippen molar-refractivity contribution in [1.82, 2.24) is 0 Å². The Hall–Kier alpha value is -2.13. The molecule has 2 rings (SSSR count). The molecule has 19 heavy (non-hydrogen) atoms. The van der Waals surface area contributed by atoms with Gasteiger partial charge in [-0.15, -0.1) is 0 Å². The molecule has 0 aromatic heterocycles. The van der Waals surface area contributed by atoms with Crippen LogP contribution in [0.2, 0.25) is 0 Å². The summed E-state index contributed by atoms with van der Waals surface area (Å²) in [6, 6.07) is 8.67. The van der Waals surface area contributed by atoms with Crippen molar-refractivity contribution in [2.75, 3.05) is 11.1 Å². The van der Waals surface area contributed by atoms with Crippen LogP contribution in [0.15, 0.2) is 34.8 Å². The van der Waals surface area contributed by atoms with Crippen molar-refractivity contribution < 1.29 is 8.78 Å². The van der Waals surface area contributed by atoms with Gasteiger partial charge in [0.2, 0.25) is 0 Å². The molecular weight excluding hydrogens is 316 g/mol. The fraction of sp³-hybridized carbons (Fsp3) is 0. The minimum Gasteiger partial charge on any atom is -0.396 e. The molecular formula is C13H8BrF2N3. The van der Waals surface area contributed by atoms with Gasteiger partial charge in [0.05, 0.1) is 27.1 Å². The highest BCUT2D eigenvalue weighted by Crippen LogP contribution is 2.29. The number of nitrogens with zero attached hydrogens (tertiary/aromatic N) is 1. The normalized spacial score (nSPS) is 10.0. The Morgan fingerprint density at radius 1 is 1.16 bits per heavy atom. The molecule has 0 aliphatic heterocycles. The smallest absolute Gasteiger partial charge is 0.147 e. The summed E-state index contributed by atoms with van der Waals surface area (Å²) in [6.45, 7) is 0. The third kappa shape index (κ3) is 2.66. The zero-order valence-electron chi connectivity index (χ0n) is 9.55. The van der Waals surface area contributed by atoms with Crippen molar-refractivity contribution in [1.29, 1.82) is 5.26 Å². The fourth-order valence-electron chi connectivity index (χ4n) is 1.54. The van der Waals surface area contributed by atoms with Crippen LogP contribution in [0.25, 0.3) is 0 Å². The van der Waals surface area contributed by atoms with Crippen LogP contribution < -0.4 is 11.1 Å². The van der Waals surface area contributed by atoms with E-state index in [1.54, 1.807) is 18.2 Å². The van der Waals surface area contributed by atoms with Gasteiger partial charge in [0.1, 0.15) is 17.7 Å². The Kier molecular flexibility index (Phi) is 3.67. The van der Waals surface area contributed by atoms with Gasteiger partial charge >= 0.3 is 0 Å². The number of halogens is 3. The second kappa shape index (κ2) is 5.24. The van der Waals surface area contributed by atoms with E-state index < -0.39 is 11.6 Å². The van der Waals surface area contributed by atoms with Crippen LogP contribution in [-0.4, -0.2) is 0 Å². The minimum absolute atomic E-state index is 0.0364. The molecule has 0 saturated carbocycles. The summed E-state index contributed by atoms with van der Waals surface area (Å²) in [4.78, 5) is 0. The van der Waals surface area contributed by atoms with Crippen molar-refractivity contribution in [3.8, 4) is 6.07 Å². The van der Waals surface area contributed by atoms with Crippen molar-refractivity contribution in [3.05, 3.63) is 52.0 Å². The zero-order valence-corrected chi connectivity index (χ0v) is 11.1. The number of anilines is 3. The monoisotopic (exact) mass is 323 g/mol. The highest BCUT2D eigenvalue weighted by atomic mass is 79.9. The summed E-state index contributed by atoms with van der Waals surface area (Å²) in [5.41, 5.74) is 6.50. The molecule has 0 heterocycles. The van der Waals surface area contributed by atoms with E-state index in [9.17, 15) is 8.78 Å². The lowest BCUT2D eigenvalue weighted by Crippen LogP contribution is -2.01. The first kappa shape index (κ1) is 13.3. The SMILES string of the molecule is N#Cc1cccc(Nc2cc(F)c(Br)cc2F)c1N. The van der Waals surface area contributed by atoms with E-state index in [-0.39, 0.29) is 21.4 Å². The topological polar surface area (TPSA) is 61.8 Å². The number of nitrogens with one attached hydrogen (secondary N) is 1. The summed E-state index contributed by atoms with van der Waals surface area (Å²) in [5, 5.41) is 11.5. The standard InChI is InChI=1S/C13H8BrF2N3/c14-8-4-10(16)12(5-9(8)15)19-11-3-1-2-7(6-17)13(11)18/h1-5,19H,18H2. The molecule has 2 aromatic rings. The Balaban J connectivity index is 2.43. The molecule has 3 nitrogen and oxygen atoms in total. The largest absolute Gasteiger partial charge is 0.396 e. The van der Waals surface area contributed by atoms with Gasteiger partial charge in [-0.05, 0) is 34.1 Å². The fourth-order valence-corrected chi connectivity index (χ4v) is 1.85. The number of nitriles is 1. The van der Waals surface area contributed by atoms with Crippen LogP contribution in [0.5, 0.6) is 0 Å². The highest BCUT2D eigenvalue weighted by Gasteiger charge is 2.11. The summed E-state index contributed by atoms with van der Waals surface area (Å²) in [5.74, 6) is -1.23. The number of benzene rings is 2. The van der Waals surface area contributed by atoms with Crippen LogP contribution in [0.4, 0.5) is 25.8 Å². The molecule has 0 radical (unpaired) electrons. The lowest BCUT2D eigenvalue weighted by atomic mass is 10.1. The first-order valence-corrected chi connectivity index (χ1v) is 6.02. The first-order valence-electron chi connectivity index (χ1n) is 5.23. The quantitative estimate of drug-likeness (QED) is 0.650. The Morgan fingerprint density at radius 2 is 1.89 bits per heavy atom. The summed E-state index contributed by atoms with van der Waals surface area (Å²) >= 11 is 2.89. The third-order valence-corrected chi connectivity index (χ3v) is 3.11. The van der Waals surface area contributed by atoms with Gasteiger partial charge in [-0.3, -0.25) is 0 Å². The molecule has 0 fully saturated rings. The van der Waals surface area contributed by atoms with Crippen LogP contribution >= 0.6 is 15.9 Å². The second-order valence-electron chi connectivity index (χ2n) is 3.75. The molecule has 0 bridgehead atoms. The predicted octanol–water partition coefficient (Wildman–Crippen LogP) is 3.92. The molecule has 0 aliphatic rings. The van der Waals surface area contributed by atoms with E-state index >= 15 is 0 Å². The number of nitrogen functional groups attached to an aromatic ring is 1. The molecule has 2 aromatic carbocycles. The molecule has 0 aliphatic carbocycles. The highest BCUT2D eigenvalue weighted by molar-refractivity contribution is 9.10. The number of para-hydroxylation sites is 1.